The Morgan fingerprint density at radius 3 is 2.17 bits per heavy atom. The van der Waals surface area contributed by atoms with Crippen molar-refractivity contribution >= 4 is 29.2 Å². The predicted octanol–water partition coefficient (Wildman–Crippen LogP) is 3.77. The van der Waals surface area contributed by atoms with Gasteiger partial charge in [0, 0.05) is 17.8 Å². The lowest BCUT2D eigenvalue weighted by atomic mass is 10.0. The van der Waals surface area contributed by atoms with Gasteiger partial charge in [0.1, 0.15) is 11.3 Å². The van der Waals surface area contributed by atoms with Crippen LogP contribution in [0.4, 0.5) is 0 Å². The summed E-state index contributed by atoms with van der Waals surface area (Å²) in [5.41, 5.74) is 0.970. The van der Waals surface area contributed by atoms with Gasteiger partial charge in [0.25, 0.3) is 5.91 Å². The van der Waals surface area contributed by atoms with Crippen molar-refractivity contribution in [3.05, 3.63) is 76.1 Å². The van der Waals surface area contributed by atoms with Crippen molar-refractivity contribution < 1.29 is 19.4 Å². The molecule has 0 spiro atoms. The van der Waals surface area contributed by atoms with Gasteiger partial charge in [-0.15, -0.1) is 0 Å². The number of carbonyl (C=O) groups is 2. The molecule has 29 heavy (non-hydrogen) atoms. The zero-order chi connectivity index (χ0) is 21.6. The lowest BCUT2D eigenvalue weighted by Crippen LogP contribution is -2.33. The second kappa shape index (κ2) is 9.75. The van der Waals surface area contributed by atoms with Gasteiger partial charge >= 0.3 is 5.97 Å². The number of halogens is 1. The quantitative estimate of drug-likeness (QED) is 0.298. The molecule has 7 nitrogen and oxygen atoms in total. The molecule has 152 valence electrons. The minimum absolute atomic E-state index is 0.0224. The van der Waals surface area contributed by atoms with Crippen LogP contribution < -0.4 is 15.4 Å². The number of carboxylic acid groups (broad SMARTS) is 1. The van der Waals surface area contributed by atoms with Crippen LogP contribution in [0.3, 0.4) is 0 Å². The van der Waals surface area contributed by atoms with Crippen LogP contribution in [0.5, 0.6) is 5.75 Å². The molecule has 0 aliphatic rings. The third-order valence-corrected chi connectivity index (χ3v) is 4.35. The van der Waals surface area contributed by atoms with E-state index in [9.17, 15) is 9.59 Å². The zero-order valence-corrected chi connectivity index (χ0v) is 17.0. The molecule has 8 heteroatoms. The summed E-state index contributed by atoms with van der Waals surface area (Å²) in [6, 6.07) is 12.4. The van der Waals surface area contributed by atoms with Crippen molar-refractivity contribution in [2.45, 2.75) is 19.9 Å². The van der Waals surface area contributed by atoms with Gasteiger partial charge in [-0.05, 0) is 55.8 Å². The van der Waals surface area contributed by atoms with Crippen LogP contribution in [0.25, 0.3) is 0 Å². The number of ether oxygens (including phenoxy) is 1. The topological polar surface area (TPSA) is 112 Å². The van der Waals surface area contributed by atoms with Gasteiger partial charge in [-0.25, -0.2) is 4.79 Å². The number of aromatic carboxylic acids is 1. The van der Waals surface area contributed by atoms with Crippen LogP contribution in [-0.2, 0) is 4.79 Å². The fourth-order valence-corrected chi connectivity index (χ4v) is 2.68. The van der Waals surface area contributed by atoms with Gasteiger partial charge < -0.3 is 25.9 Å². The summed E-state index contributed by atoms with van der Waals surface area (Å²) in [5.74, 6) is -0.921. The van der Waals surface area contributed by atoms with Crippen LogP contribution in [0.1, 0.15) is 35.8 Å². The number of hydrogen-bond acceptors (Lipinski definition) is 5. The molecule has 0 aliphatic carbocycles. The molecular formula is C21H22ClN3O4. The summed E-state index contributed by atoms with van der Waals surface area (Å²) in [4.78, 5) is 23.8. The highest BCUT2D eigenvalue weighted by Crippen LogP contribution is 2.20. The van der Waals surface area contributed by atoms with E-state index in [1.807, 2.05) is 0 Å². The van der Waals surface area contributed by atoms with Gasteiger partial charge in [0.05, 0.1) is 11.6 Å². The van der Waals surface area contributed by atoms with E-state index in [2.05, 4.69) is 10.6 Å². The third kappa shape index (κ3) is 5.83. The summed E-state index contributed by atoms with van der Waals surface area (Å²) < 4.78 is 5.74. The maximum Gasteiger partial charge on any atom is 0.335 e. The molecule has 0 aromatic heterocycles. The maximum absolute atomic E-state index is 12.8. The molecule has 0 heterocycles. The molecule has 1 amide bonds. The van der Waals surface area contributed by atoms with Crippen LogP contribution in [0.2, 0.25) is 5.02 Å². The van der Waals surface area contributed by atoms with E-state index in [1.165, 1.54) is 19.1 Å². The highest BCUT2D eigenvalue weighted by molar-refractivity contribution is 6.30. The number of hydrogen-bond donors (Lipinski definition) is 4. The van der Waals surface area contributed by atoms with Crippen LogP contribution >= 0.6 is 11.6 Å². The van der Waals surface area contributed by atoms with Gasteiger partial charge in [-0.1, -0.05) is 23.7 Å². The smallest absolute Gasteiger partial charge is 0.335 e. The highest BCUT2D eigenvalue weighted by atomic mass is 35.5. The Hall–Kier alpha value is -3.32. The van der Waals surface area contributed by atoms with Crippen molar-refractivity contribution in [1.82, 2.24) is 10.6 Å². The monoisotopic (exact) mass is 415 g/mol. The number of carboxylic acids is 1. The van der Waals surface area contributed by atoms with E-state index in [0.29, 0.717) is 10.8 Å². The highest BCUT2D eigenvalue weighted by Gasteiger charge is 2.21. The van der Waals surface area contributed by atoms with E-state index >= 15 is 0 Å². The van der Waals surface area contributed by atoms with Crippen molar-refractivity contribution in [1.29, 1.82) is 5.41 Å². The molecule has 0 saturated carbocycles. The van der Waals surface area contributed by atoms with Crippen molar-refractivity contribution in [2.24, 2.45) is 0 Å². The number of carbonyl (C=O) groups excluding carboxylic acids is 1. The molecule has 2 aromatic rings. The molecule has 4 N–H and O–H groups in total. The first-order valence-electron chi connectivity index (χ1n) is 8.78. The molecule has 0 bridgehead atoms. The average Bonchev–Trinajstić information content (AvgIpc) is 2.68. The zero-order valence-electron chi connectivity index (χ0n) is 16.2. The Morgan fingerprint density at radius 2 is 1.69 bits per heavy atom. The Kier molecular flexibility index (Phi) is 7.39. The van der Waals surface area contributed by atoms with E-state index in [1.54, 1.807) is 50.4 Å². The minimum atomic E-state index is -1.02. The third-order valence-electron chi connectivity index (χ3n) is 4.09. The molecule has 0 unspecified atom stereocenters. The second-order valence-corrected chi connectivity index (χ2v) is 6.69. The summed E-state index contributed by atoms with van der Waals surface area (Å²) in [5, 5.41) is 23.2. The van der Waals surface area contributed by atoms with E-state index in [0.717, 1.165) is 5.56 Å². The first-order chi connectivity index (χ1) is 13.7. The Balaban J connectivity index is 2.24. The molecular weight excluding hydrogens is 394 g/mol. The molecule has 0 radical (unpaired) electrons. The minimum Gasteiger partial charge on any atom is -0.478 e. The van der Waals surface area contributed by atoms with Crippen LogP contribution in [0, 0.1) is 5.41 Å². The summed E-state index contributed by atoms with van der Waals surface area (Å²) in [6.45, 7) is 3.26. The lowest BCUT2D eigenvalue weighted by Gasteiger charge is -2.18. The van der Waals surface area contributed by atoms with Crippen molar-refractivity contribution in [3.63, 3.8) is 0 Å². The molecule has 0 aliphatic heterocycles. The van der Waals surface area contributed by atoms with E-state index in [4.69, 9.17) is 26.9 Å². The van der Waals surface area contributed by atoms with Crippen molar-refractivity contribution in [3.8, 4) is 5.75 Å². The average molecular weight is 416 g/mol. The van der Waals surface area contributed by atoms with Crippen molar-refractivity contribution in [2.75, 3.05) is 7.05 Å². The maximum atomic E-state index is 12.8. The Labute approximate surface area is 173 Å². The largest absolute Gasteiger partial charge is 0.478 e. The fourth-order valence-electron chi connectivity index (χ4n) is 2.56. The molecule has 1 atom stereocenters. The molecule has 2 aromatic carbocycles. The normalized spacial score (nSPS) is 12.4. The second-order valence-electron chi connectivity index (χ2n) is 6.26. The fraction of sp³-hybridized carbons (Fsp3) is 0.190. The number of rotatable bonds is 8. The summed E-state index contributed by atoms with van der Waals surface area (Å²) in [6.07, 6.45) is 0. The summed E-state index contributed by atoms with van der Waals surface area (Å²) in [7, 11) is 1.59. The van der Waals surface area contributed by atoms with E-state index < -0.39 is 17.9 Å². The van der Waals surface area contributed by atoms with Crippen LogP contribution in [0.15, 0.2) is 60.0 Å². The Morgan fingerprint density at radius 1 is 1.10 bits per heavy atom. The number of nitrogens with one attached hydrogen (secondary N) is 3. The van der Waals surface area contributed by atoms with Gasteiger partial charge in [0.15, 0.2) is 0 Å². The van der Waals surface area contributed by atoms with E-state index in [-0.39, 0.29) is 22.7 Å². The first kappa shape index (κ1) is 22.0. The number of benzene rings is 2. The standard InChI is InChI=1S/C21H22ClN3O4/c1-12(23)18(20(24-3)29-17-10-8-16(22)9-11-17)19(26)25-13(2)14-4-6-15(7-5-14)21(27)28/h4-11,13,23-24H,1-3H3,(H,25,26)(H,27,28)/b20-18-,23-12?/t13-/m0/s1. The van der Waals surface area contributed by atoms with Gasteiger partial charge in [-0.3, -0.25) is 4.79 Å². The van der Waals surface area contributed by atoms with Gasteiger partial charge in [-0.2, -0.15) is 0 Å². The number of amides is 1. The van der Waals surface area contributed by atoms with Gasteiger partial charge in [0.2, 0.25) is 5.88 Å². The molecule has 0 saturated heterocycles. The Bertz CT molecular complexity index is 937. The molecule has 2 rings (SSSR count). The summed E-state index contributed by atoms with van der Waals surface area (Å²) >= 11 is 5.87. The van der Waals surface area contributed by atoms with Crippen LogP contribution in [-0.4, -0.2) is 29.7 Å². The predicted molar refractivity (Wildman–Crippen MR) is 112 cm³/mol. The lowest BCUT2D eigenvalue weighted by molar-refractivity contribution is -0.117. The molecule has 0 fully saturated rings. The SMILES string of the molecule is CN/C(Oc1ccc(Cl)cc1)=C(\C(C)=N)C(=O)N[C@@H](C)c1ccc(C(=O)O)cc1. The first-order valence-corrected chi connectivity index (χ1v) is 9.15.